The van der Waals surface area contributed by atoms with Crippen LogP contribution in [0.1, 0.15) is 36.8 Å². The van der Waals surface area contributed by atoms with Crippen LogP contribution in [-0.4, -0.2) is 0 Å². The second kappa shape index (κ2) is 16.3. The van der Waals surface area contributed by atoms with Gasteiger partial charge in [-0.15, -0.1) is 0 Å². The summed E-state index contributed by atoms with van der Waals surface area (Å²) >= 11 is 0. The van der Waals surface area contributed by atoms with E-state index in [1.165, 1.54) is 97.8 Å². The lowest BCUT2D eigenvalue weighted by atomic mass is 9.76. The van der Waals surface area contributed by atoms with Gasteiger partial charge in [-0.3, -0.25) is 0 Å². The molecule has 0 heterocycles. The molecule has 12 rings (SSSR count). The first-order chi connectivity index (χ1) is 32.2. The van der Waals surface area contributed by atoms with E-state index in [0.717, 1.165) is 28.4 Å². The molecule has 10 aromatic carbocycles. The van der Waals surface area contributed by atoms with Crippen LogP contribution in [0.2, 0.25) is 0 Å². The summed E-state index contributed by atoms with van der Waals surface area (Å²) in [6.45, 7) is 0. The monoisotopic (exact) mass is 832 g/mol. The molecule has 0 aliphatic heterocycles. The van der Waals surface area contributed by atoms with Crippen molar-refractivity contribution in [1.29, 1.82) is 0 Å². The van der Waals surface area contributed by atoms with Crippen LogP contribution in [0.5, 0.6) is 0 Å². The van der Waals surface area contributed by atoms with Crippen molar-refractivity contribution in [3.8, 4) is 44.5 Å². The predicted octanol–water partition coefficient (Wildman–Crippen LogP) is 17.6. The first kappa shape index (κ1) is 38.7. The Hall–Kier alpha value is -7.94. The highest BCUT2D eigenvalue weighted by atomic mass is 15.1. The fourth-order valence-corrected chi connectivity index (χ4v) is 10.9. The van der Waals surface area contributed by atoms with Gasteiger partial charge >= 0.3 is 0 Å². The summed E-state index contributed by atoms with van der Waals surface area (Å²) in [5.74, 6) is 0. The van der Waals surface area contributed by atoms with Crippen LogP contribution in [0.4, 0.5) is 34.1 Å². The molecule has 310 valence electrons. The Morgan fingerprint density at radius 1 is 0.292 bits per heavy atom. The van der Waals surface area contributed by atoms with E-state index in [1.54, 1.807) is 0 Å². The second-order valence-electron chi connectivity index (χ2n) is 17.6. The minimum atomic E-state index is 0.0654. The highest BCUT2D eigenvalue weighted by Gasteiger charge is 2.46. The molecule has 0 radical (unpaired) electrons. The first-order valence-electron chi connectivity index (χ1n) is 23.0. The Morgan fingerprint density at radius 2 is 0.662 bits per heavy atom. The average Bonchev–Trinajstić information content (AvgIpc) is 3.99. The zero-order chi connectivity index (χ0) is 43.2. The molecule has 0 aromatic heterocycles. The standard InChI is InChI=1S/C63H48N2/c1-4-16-45(17-5-1)47-26-34-52(35-27-47)64(53-36-28-48(29-37-53)46-18-6-2-7-19-46)54-38-30-49(31-39-54)50-32-40-55(41-33-50)65(51-20-8-3-9-21-51)61-44-60-62(57-23-11-10-22-56(57)61)58-24-12-13-25-59(58)63(60)42-14-15-43-63/h1-13,16-41,44H,14-15,42-43H2. The normalized spacial score (nSPS) is 13.4. The van der Waals surface area contributed by atoms with Crippen molar-refractivity contribution in [1.82, 2.24) is 0 Å². The first-order valence-corrected chi connectivity index (χ1v) is 23.0. The Kier molecular flexibility index (Phi) is 9.72. The van der Waals surface area contributed by atoms with E-state index < -0.39 is 0 Å². The van der Waals surface area contributed by atoms with Gasteiger partial charge in [-0.2, -0.15) is 0 Å². The smallest absolute Gasteiger partial charge is 0.0543 e. The van der Waals surface area contributed by atoms with E-state index in [1.807, 2.05) is 0 Å². The molecule has 2 aliphatic rings. The van der Waals surface area contributed by atoms with Crippen LogP contribution >= 0.6 is 0 Å². The molecule has 2 nitrogen and oxygen atoms in total. The topological polar surface area (TPSA) is 6.48 Å². The lowest BCUT2D eigenvalue weighted by molar-refractivity contribution is 0.550. The molecule has 1 saturated carbocycles. The van der Waals surface area contributed by atoms with Gasteiger partial charge in [-0.1, -0.05) is 189 Å². The van der Waals surface area contributed by atoms with Gasteiger partial charge in [0.05, 0.1) is 5.69 Å². The van der Waals surface area contributed by atoms with Crippen LogP contribution < -0.4 is 9.80 Å². The molecule has 10 aromatic rings. The van der Waals surface area contributed by atoms with Crippen molar-refractivity contribution < 1.29 is 0 Å². The summed E-state index contributed by atoms with van der Waals surface area (Å²) in [6, 6.07) is 88.9. The lowest BCUT2D eigenvalue weighted by Crippen LogP contribution is -2.21. The Morgan fingerprint density at radius 3 is 1.15 bits per heavy atom. The highest BCUT2D eigenvalue weighted by Crippen LogP contribution is 2.60. The van der Waals surface area contributed by atoms with Crippen molar-refractivity contribution in [2.45, 2.75) is 31.1 Å². The van der Waals surface area contributed by atoms with Gasteiger partial charge in [-0.05, 0) is 141 Å². The van der Waals surface area contributed by atoms with Crippen LogP contribution in [0.15, 0.2) is 243 Å². The summed E-state index contributed by atoms with van der Waals surface area (Å²) in [6.07, 6.45) is 4.93. The Balaban J connectivity index is 0.908. The predicted molar refractivity (Wildman–Crippen MR) is 274 cm³/mol. The van der Waals surface area contributed by atoms with Gasteiger partial charge in [0.15, 0.2) is 0 Å². The quantitative estimate of drug-likeness (QED) is 0.143. The molecule has 1 spiro atoms. The molecule has 0 amide bonds. The third-order valence-corrected chi connectivity index (χ3v) is 14.0. The van der Waals surface area contributed by atoms with E-state index in [4.69, 9.17) is 0 Å². The van der Waals surface area contributed by atoms with Crippen LogP contribution in [-0.2, 0) is 5.41 Å². The fourth-order valence-electron chi connectivity index (χ4n) is 10.9. The van der Waals surface area contributed by atoms with Gasteiger partial charge in [0.2, 0.25) is 0 Å². The van der Waals surface area contributed by atoms with Crippen LogP contribution in [0.25, 0.3) is 55.3 Å². The number of nitrogens with zero attached hydrogens (tertiary/aromatic N) is 2. The van der Waals surface area contributed by atoms with Crippen molar-refractivity contribution >= 4 is 44.9 Å². The number of rotatable bonds is 9. The third kappa shape index (κ3) is 6.81. The summed E-state index contributed by atoms with van der Waals surface area (Å²) in [5.41, 5.74) is 19.9. The molecule has 2 heteroatoms. The number of fused-ring (bicyclic) bond motifs is 7. The Labute approximate surface area is 382 Å². The Bertz CT molecular complexity index is 3180. The minimum absolute atomic E-state index is 0.0654. The molecule has 0 unspecified atom stereocenters. The molecule has 1 fully saturated rings. The van der Waals surface area contributed by atoms with Crippen molar-refractivity contribution in [3.63, 3.8) is 0 Å². The molecule has 0 atom stereocenters. The van der Waals surface area contributed by atoms with Crippen molar-refractivity contribution in [2.75, 3.05) is 9.80 Å². The lowest BCUT2D eigenvalue weighted by Gasteiger charge is -2.31. The molecule has 0 N–H and O–H groups in total. The van der Waals surface area contributed by atoms with Gasteiger partial charge < -0.3 is 9.80 Å². The van der Waals surface area contributed by atoms with E-state index in [2.05, 4.69) is 252 Å². The zero-order valence-corrected chi connectivity index (χ0v) is 36.3. The number of anilines is 6. The van der Waals surface area contributed by atoms with Crippen molar-refractivity contribution in [3.05, 3.63) is 254 Å². The number of para-hydroxylation sites is 1. The average molecular weight is 833 g/mol. The molecule has 0 bridgehead atoms. The largest absolute Gasteiger partial charge is 0.311 e. The molecular weight excluding hydrogens is 785 g/mol. The van der Waals surface area contributed by atoms with Crippen LogP contribution in [0, 0.1) is 0 Å². The van der Waals surface area contributed by atoms with Crippen molar-refractivity contribution in [2.24, 2.45) is 0 Å². The van der Waals surface area contributed by atoms with E-state index >= 15 is 0 Å². The molecule has 2 aliphatic carbocycles. The second-order valence-corrected chi connectivity index (χ2v) is 17.6. The van der Waals surface area contributed by atoms with Crippen LogP contribution in [0.3, 0.4) is 0 Å². The van der Waals surface area contributed by atoms with E-state index in [9.17, 15) is 0 Å². The number of hydrogen-bond acceptors (Lipinski definition) is 2. The van der Waals surface area contributed by atoms with E-state index in [-0.39, 0.29) is 5.41 Å². The SMILES string of the molecule is c1ccc(-c2ccc(N(c3ccc(-c4ccccc4)cc3)c3ccc(-c4ccc(N(c5ccccc5)c5cc6c(c7ccccc57)-c5ccccc5C65CCCC5)cc4)cc3)cc2)cc1. The maximum Gasteiger partial charge on any atom is 0.0543 e. The van der Waals surface area contributed by atoms with E-state index in [0.29, 0.717) is 0 Å². The number of benzene rings is 10. The summed E-state index contributed by atoms with van der Waals surface area (Å²) in [7, 11) is 0. The maximum absolute atomic E-state index is 2.55. The maximum atomic E-state index is 2.55. The minimum Gasteiger partial charge on any atom is -0.311 e. The molecule has 65 heavy (non-hydrogen) atoms. The van der Waals surface area contributed by atoms with Gasteiger partial charge in [0.25, 0.3) is 0 Å². The highest BCUT2D eigenvalue weighted by molar-refractivity contribution is 6.10. The molecule has 0 saturated heterocycles. The third-order valence-electron chi connectivity index (χ3n) is 14.0. The van der Waals surface area contributed by atoms with Gasteiger partial charge in [0.1, 0.15) is 0 Å². The number of hydrogen-bond donors (Lipinski definition) is 0. The van der Waals surface area contributed by atoms with Gasteiger partial charge in [0, 0.05) is 39.2 Å². The summed E-state index contributed by atoms with van der Waals surface area (Å²) in [4.78, 5) is 4.83. The summed E-state index contributed by atoms with van der Waals surface area (Å²) in [5, 5.41) is 2.61. The fraction of sp³-hybridized carbons (Fsp3) is 0.0794. The molecular formula is C63H48N2. The zero-order valence-electron chi connectivity index (χ0n) is 36.3. The summed E-state index contributed by atoms with van der Waals surface area (Å²) < 4.78 is 0. The van der Waals surface area contributed by atoms with Gasteiger partial charge in [-0.25, -0.2) is 0 Å².